The highest BCUT2D eigenvalue weighted by molar-refractivity contribution is 6.30. The molecule has 0 unspecified atom stereocenters. The summed E-state index contributed by atoms with van der Waals surface area (Å²) in [5, 5.41) is 29.4. The van der Waals surface area contributed by atoms with Crippen LogP contribution in [0.3, 0.4) is 0 Å². The van der Waals surface area contributed by atoms with Gasteiger partial charge >= 0.3 is 11.9 Å². The van der Waals surface area contributed by atoms with Crippen molar-refractivity contribution in [3.63, 3.8) is 0 Å². The Balaban J connectivity index is 2.07. The lowest BCUT2D eigenvalue weighted by Gasteiger charge is -2.20. The highest BCUT2D eigenvalue weighted by atomic mass is 35.5. The Labute approximate surface area is 235 Å². The number of ether oxygens (including phenoxy) is 1. The molecule has 0 aliphatic heterocycles. The molecule has 1 aromatic carbocycles. The van der Waals surface area contributed by atoms with Crippen molar-refractivity contribution in [2.45, 2.75) is 58.7 Å². The Hall–Kier alpha value is -3.81. The van der Waals surface area contributed by atoms with Crippen molar-refractivity contribution in [3.8, 4) is 0 Å². The van der Waals surface area contributed by atoms with Crippen molar-refractivity contribution in [2.24, 2.45) is 11.7 Å². The Bertz CT molecular complexity index is 1260. The molecule has 0 saturated heterocycles. The van der Waals surface area contributed by atoms with E-state index in [0.717, 1.165) is 11.0 Å². The average Bonchev–Trinajstić information content (AvgIpc) is 3.37. The molecule has 0 fully saturated rings. The molecule has 0 saturated carbocycles. The van der Waals surface area contributed by atoms with Gasteiger partial charge in [-0.15, -0.1) is 5.10 Å². The second-order valence-electron chi connectivity index (χ2n) is 9.44. The smallest absolute Gasteiger partial charge is 0.332 e. The fourth-order valence-corrected chi connectivity index (χ4v) is 3.53. The van der Waals surface area contributed by atoms with Gasteiger partial charge in [0, 0.05) is 23.0 Å². The fraction of sp³-hybridized carbons (Fsp3) is 0.423. The van der Waals surface area contributed by atoms with Crippen LogP contribution in [0.25, 0.3) is 5.57 Å². The van der Waals surface area contributed by atoms with Crippen molar-refractivity contribution in [1.29, 1.82) is 0 Å². The molecule has 14 heteroatoms. The van der Waals surface area contributed by atoms with E-state index in [2.05, 4.69) is 15.6 Å². The van der Waals surface area contributed by atoms with Gasteiger partial charge in [0.05, 0.1) is 0 Å². The van der Waals surface area contributed by atoms with Gasteiger partial charge in [-0.3, -0.25) is 9.59 Å². The van der Waals surface area contributed by atoms with E-state index in [1.54, 1.807) is 39.8 Å². The molecule has 3 atom stereocenters. The van der Waals surface area contributed by atoms with E-state index in [1.807, 2.05) is 0 Å². The molecule has 5 N–H and O–H groups in total. The summed E-state index contributed by atoms with van der Waals surface area (Å²) in [6.07, 6.45) is 2.62. The summed E-state index contributed by atoms with van der Waals surface area (Å²) in [5.74, 6) is -3.39. The second-order valence-corrected chi connectivity index (χ2v) is 9.87. The number of nitrogens with zero attached hydrogens (tertiary/aromatic N) is 3. The molecule has 0 bridgehead atoms. The third kappa shape index (κ3) is 10.1. The topological polar surface area (TPSA) is 179 Å². The number of nitrogens with one attached hydrogen (secondary N) is 1. The van der Waals surface area contributed by atoms with Crippen molar-refractivity contribution >= 4 is 35.0 Å². The Kier molecular flexibility index (Phi) is 12.2. The van der Waals surface area contributed by atoms with Crippen molar-refractivity contribution in [1.82, 2.24) is 20.5 Å². The van der Waals surface area contributed by atoms with Crippen LogP contribution in [0.5, 0.6) is 0 Å². The largest absolute Gasteiger partial charge is 0.479 e. The van der Waals surface area contributed by atoms with Gasteiger partial charge in [-0.05, 0) is 55.2 Å². The molecule has 2 rings (SSSR count). The second kappa shape index (κ2) is 15.1. The quantitative estimate of drug-likeness (QED) is 0.147. The zero-order valence-corrected chi connectivity index (χ0v) is 23.3. The van der Waals surface area contributed by atoms with Gasteiger partial charge in [0.15, 0.2) is 11.8 Å². The predicted octanol–water partition coefficient (Wildman–Crippen LogP) is 2.36. The van der Waals surface area contributed by atoms with Crippen molar-refractivity contribution in [2.75, 3.05) is 6.79 Å². The average molecular weight is 582 g/mol. The molecule has 40 heavy (non-hydrogen) atoms. The Morgan fingerprint density at radius 2 is 1.95 bits per heavy atom. The minimum absolute atomic E-state index is 0.133. The molecular formula is C26H33ClFN5O7. The van der Waals surface area contributed by atoms with Gasteiger partial charge < -0.3 is 30.8 Å². The number of allylic oxidation sites excluding steroid dienone is 3. The molecule has 12 nitrogen and oxygen atoms in total. The Morgan fingerprint density at radius 1 is 1.25 bits per heavy atom. The summed E-state index contributed by atoms with van der Waals surface area (Å²) in [7, 11) is 0. The number of amides is 1. The number of hydrogen-bond donors (Lipinski definition) is 4. The first-order valence-corrected chi connectivity index (χ1v) is 12.6. The summed E-state index contributed by atoms with van der Waals surface area (Å²) in [4.78, 5) is 41.7. The molecule has 0 spiro atoms. The third-order valence-electron chi connectivity index (χ3n) is 5.75. The SMILES string of the molecule is C/C(=C\C=C(/C)c1cc(Cl)ccc1F)C[C@H](C[C@@H](O)C(=O)O)NC(=O)c1cn(OCOC(=O)[C@@H](N)C(C)C)nn1. The standard InChI is InChI=1S/C26H33ClFN5O7/c1-14(2)23(29)26(38)39-13-40-33-12-21(31-32-33)24(35)30-18(11-22(34)25(36)37)9-15(3)5-6-16(4)19-10-17(27)7-8-20(19)28/h5-8,10,12,14,18,22-23,34H,9,11,13,29H2,1-4H3,(H,30,35)(H,36,37)/b15-5+,16-6+/t18-,22-,23+/m1/s1. The summed E-state index contributed by atoms with van der Waals surface area (Å²) < 4.78 is 19.0. The number of benzene rings is 1. The number of carbonyl (C=O) groups is 3. The van der Waals surface area contributed by atoms with Crippen LogP contribution < -0.4 is 15.9 Å². The Morgan fingerprint density at radius 3 is 2.60 bits per heavy atom. The number of nitrogens with two attached hydrogens (primary N) is 1. The lowest BCUT2D eigenvalue weighted by molar-refractivity contribution is -0.160. The highest BCUT2D eigenvalue weighted by Crippen LogP contribution is 2.22. The maximum Gasteiger partial charge on any atom is 0.332 e. The van der Waals surface area contributed by atoms with Crippen LogP contribution in [0.2, 0.25) is 5.02 Å². The van der Waals surface area contributed by atoms with Gasteiger partial charge in [-0.1, -0.05) is 48.0 Å². The number of aliphatic hydroxyl groups excluding tert-OH is 1. The van der Waals surface area contributed by atoms with Crippen LogP contribution in [0.4, 0.5) is 4.39 Å². The molecule has 1 aromatic heterocycles. The summed E-state index contributed by atoms with van der Waals surface area (Å²) >= 11 is 5.96. The summed E-state index contributed by atoms with van der Waals surface area (Å²) in [6, 6.07) is 2.57. The number of halogens is 2. The summed E-state index contributed by atoms with van der Waals surface area (Å²) in [6.45, 7) is 6.44. The zero-order chi connectivity index (χ0) is 30.0. The molecule has 218 valence electrons. The molecule has 0 aliphatic carbocycles. The van der Waals surface area contributed by atoms with Crippen LogP contribution in [0.1, 0.15) is 56.6 Å². The van der Waals surface area contributed by atoms with Crippen LogP contribution in [0.15, 0.2) is 42.1 Å². The molecular weight excluding hydrogens is 549 g/mol. The first kappa shape index (κ1) is 32.4. The lowest BCUT2D eigenvalue weighted by Crippen LogP contribution is -2.39. The number of aliphatic hydroxyl groups is 1. The maximum absolute atomic E-state index is 14.1. The van der Waals surface area contributed by atoms with Crippen molar-refractivity contribution < 1.29 is 38.6 Å². The molecule has 0 aliphatic rings. The number of carbonyl (C=O) groups excluding carboxylic acids is 2. The van der Waals surface area contributed by atoms with E-state index in [4.69, 9.17) is 32.0 Å². The number of aromatic nitrogens is 3. The molecule has 1 amide bonds. The lowest BCUT2D eigenvalue weighted by atomic mass is 9.99. The van der Waals surface area contributed by atoms with E-state index in [1.165, 1.54) is 18.2 Å². The number of carboxylic acids is 1. The number of rotatable bonds is 14. The number of esters is 1. The van der Waals surface area contributed by atoms with Gasteiger partial charge in [-0.25, -0.2) is 9.18 Å². The van der Waals surface area contributed by atoms with Gasteiger partial charge in [-0.2, -0.15) is 0 Å². The van der Waals surface area contributed by atoms with Gasteiger partial charge in [0.1, 0.15) is 18.1 Å². The number of hydrogen-bond acceptors (Lipinski definition) is 9. The van der Waals surface area contributed by atoms with Crippen LogP contribution >= 0.6 is 11.6 Å². The van der Waals surface area contributed by atoms with Crippen LogP contribution in [0, 0.1) is 11.7 Å². The molecule has 2 aromatic rings. The van der Waals surface area contributed by atoms with E-state index < -0.39 is 48.6 Å². The van der Waals surface area contributed by atoms with E-state index in [-0.39, 0.29) is 24.5 Å². The van der Waals surface area contributed by atoms with Gasteiger partial charge in [0.2, 0.25) is 0 Å². The number of aliphatic carboxylic acids is 1. The summed E-state index contributed by atoms with van der Waals surface area (Å²) in [5.41, 5.74) is 7.14. The van der Waals surface area contributed by atoms with Crippen LogP contribution in [-0.4, -0.2) is 68.2 Å². The minimum Gasteiger partial charge on any atom is -0.479 e. The first-order valence-electron chi connectivity index (χ1n) is 12.3. The maximum atomic E-state index is 14.1. The highest BCUT2D eigenvalue weighted by Gasteiger charge is 2.24. The normalized spacial score (nSPS) is 14.4. The third-order valence-corrected chi connectivity index (χ3v) is 5.99. The first-order chi connectivity index (χ1) is 18.8. The zero-order valence-electron chi connectivity index (χ0n) is 22.5. The van der Waals surface area contributed by atoms with Crippen LogP contribution in [-0.2, 0) is 14.3 Å². The molecule has 0 radical (unpaired) electrons. The minimum atomic E-state index is -1.73. The molecule has 1 heterocycles. The van der Waals surface area contributed by atoms with E-state index >= 15 is 0 Å². The monoisotopic (exact) mass is 581 g/mol. The number of carboxylic acid groups (broad SMARTS) is 1. The van der Waals surface area contributed by atoms with Gasteiger partial charge in [0.25, 0.3) is 12.7 Å². The fourth-order valence-electron chi connectivity index (χ4n) is 3.36. The predicted molar refractivity (Wildman–Crippen MR) is 143 cm³/mol. The van der Waals surface area contributed by atoms with Crippen molar-refractivity contribution in [3.05, 3.63) is 64.2 Å². The van der Waals surface area contributed by atoms with E-state index in [0.29, 0.717) is 21.7 Å². The van der Waals surface area contributed by atoms with E-state index in [9.17, 15) is 23.9 Å².